The highest BCUT2D eigenvalue weighted by Crippen LogP contribution is 2.22. The SMILES string of the molecule is CN1C(=O)CC[C@H]1C(=O)NCc1sccc1Br. The fourth-order valence-corrected chi connectivity index (χ4v) is 3.28. The van der Waals surface area contributed by atoms with Crippen LogP contribution in [0.2, 0.25) is 0 Å². The Balaban J connectivity index is 1.90. The van der Waals surface area contributed by atoms with Crippen molar-refractivity contribution in [3.8, 4) is 0 Å². The highest BCUT2D eigenvalue weighted by Gasteiger charge is 2.32. The van der Waals surface area contributed by atoms with Gasteiger partial charge in [-0.2, -0.15) is 0 Å². The van der Waals surface area contributed by atoms with Crippen LogP contribution in [0, 0.1) is 0 Å². The van der Waals surface area contributed by atoms with Crippen molar-refractivity contribution in [2.75, 3.05) is 7.05 Å². The zero-order valence-electron chi connectivity index (χ0n) is 9.40. The van der Waals surface area contributed by atoms with Crippen molar-refractivity contribution in [3.05, 3.63) is 20.8 Å². The topological polar surface area (TPSA) is 49.4 Å². The fourth-order valence-electron chi connectivity index (χ4n) is 1.85. The maximum absolute atomic E-state index is 11.9. The third-order valence-corrected chi connectivity index (χ3v) is 4.84. The number of amides is 2. The van der Waals surface area contributed by atoms with Crippen molar-refractivity contribution in [1.29, 1.82) is 0 Å². The molecule has 1 aromatic rings. The minimum atomic E-state index is -0.304. The van der Waals surface area contributed by atoms with E-state index in [-0.39, 0.29) is 17.9 Å². The van der Waals surface area contributed by atoms with Gasteiger partial charge in [0.25, 0.3) is 0 Å². The lowest BCUT2D eigenvalue weighted by Gasteiger charge is -2.18. The van der Waals surface area contributed by atoms with Crippen LogP contribution in [-0.4, -0.2) is 29.8 Å². The Morgan fingerprint density at radius 1 is 1.71 bits per heavy atom. The predicted octanol–water partition coefficient (Wildman–Crippen LogP) is 1.75. The summed E-state index contributed by atoms with van der Waals surface area (Å²) >= 11 is 5.01. The minimum Gasteiger partial charge on any atom is -0.349 e. The van der Waals surface area contributed by atoms with Gasteiger partial charge in [-0.1, -0.05) is 0 Å². The standard InChI is InChI=1S/C11H13BrN2O2S/c1-14-8(2-3-10(14)15)11(16)13-6-9-7(12)4-5-17-9/h4-5,8H,2-3,6H2,1H3,(H,13,16)/t8-/m0/s1. The van der Waals surface area contributed by atoms with Gasteiger partial charge in [0.05, 0.1) is 6.54 Å². The summed E-state index contributed by atoms with van der Waals surface area (Å²) in [5, 5.41) is 4.84. The Labute approximate surface area is 112 Å². The van der Waals surface area contributed by atoms with Gasteiger partial charge in [-0.15, -0.1) is 11.3 Å². The van der Waals surface area contributed by atoms with E-state index in [1.807, 2.05) is 11.4 Å². The number of thiophene rings is 1. The van der Waals surface area contributed by atoms with E-state index in [1.54, 1.807) is 18.4 Å². The molecule has 17 heavy (non-hydrogen) atoms. The lowest BCUT2D eigenvalue weighted by molar-refractivity contribution is -0.133. The van der Waals surface area contributed by atoms with E-state index in [0.717, 1.165) is 9.35 Å². The third kappa shape index (κ3) is 2.69. The molecule has 1 atom stereocenters. The van der Waals surface area contributed by atoms with Crippen LogP contribution < -0.4 is 5.32 Å². The number of carbonyl (C=O) groups is 2. The first-order valence-electron chi connectivity index (χ1n) is 5.35. The minimum absolute atomic E-state index is 0.0439. The van der Waals surface area contributed by atoms with Gasteiger partial charge in [0, 0.05) is 22.8 Å². The number of halogens is 1. The quantitative estimate of drug-likeness (QED) is 0.923. The molecule has 1 aliphatic heterocycles. The second kappa shape index (κ2) is 5.18. The summed E-state index contributed by atoms with van der Waals surface area (Å²) < 4.78 is 1.01. The van der Waals surface area contributed by atoms with Gasteiger partial charge in [-0.25, -0.2) is 0 Å². The van der Waals surface area contributed by atoms with Crippen molar-refractivity contribution < 1.29 is 9.59 Å². The second-order valence-electron chi connectivity index (χ2n) is 3.97. The molecule has 0 radical (unpaired) electrons. The molecule has 0 unspecified atom stereocenters. The molecule has 0 saturated carbocycles. The Hall–Kier alpha value is -0.880. The van der Waals surface area contributed by atoms with Crippen molar-refractivity contribution in [2.45, 2.75) is 25.4 Å². The third-order valence-electron chi connectivity index (χ3n) is 2.91. The lowest BCUT2D eigenvalue weighted by atomic mass is 10.2. The Bertz CT molecular complexity index is 446. The number of likely N-dealkylation sites (tertiary alicyclic amines) is 1. The van der Waals surface area contributed by atoms with Crippen LogP contribution in [0.25, 0.3) is 0 Å². The van der Waals surface area contributed by atoms with Gasteiger partial charge >= 0.3 is 0 Å². The van der Waals surface area contributed by atoms with E-state index in [4.69, 9.17) is 0 Å². The summed E-state index contributed by atoms with van der Waals surface area (Å²) in [6.45, 7) is 0.510. The Kier molecular flexibility index (Phi) is 3.83. The molecule has 0 bridgehead atoms. The van der Waals surface area contributed by atoms with Gasteiger partial charge in [-0.3, -0.25) is 9.59 Å². The summed E-state index contributed by atoms with van der Waals surface area (Å²) in [5.41, 5.74) is 0. The molecule has 0 aliphatic carbocycles. The number of rotatable bonds is 3. The van der Waals surface area contributed by atoms with Gasteiger partial charge in [-0.05, 0) is 33.8 Å². The molecule has 2 amide bonds. The van der Waals surface area contributed by atoms with Crippen LogP contribution in [0.1, 0.15) is 17.7 Å². The van der Waals surface area contributed by atoms with Crippen LogP contribution in [0.15, 0.2) is 15.9 Å². The molecule has 1 saturated heterocycles. The molecule has 4 nitrogen and oxygen atoms in total. The average Bonchev–Trinajstić information content (AvgIpc) is 2.84. The molecule has 0 spiro atoms. The number of likely N-dealkylation sites (N-methyl/N-ethyl adjacent to an activating group) is 1. The van der Waals surface area contributed by atoms with E-state index >= 15 is 0 Å². The van der Waals surface area contributed by atoms with Crippen molar-refractivity contribution in [3.63, 3.8) is 0 Å². The maximum Gasteiger partial charge on any atom is 0.243 e. The smallest absolute Gasteiger partial charge is 0.243 e. The van der Waals surface area contributed by atoms with E-state index in [2.05, 4.69) is 21.2 Å². The number of carbonyl (C=O) groups excluding carboxylic acids is 2. The summed E-state index contributed by atoms with van der Waals surface area (Å²) in [6.07, 6.45) is 1.09. The zero-order chi connectivity index (χ0) is 12.4. The number of hydrogen-bond donors (Lipinski definition) is 1. The Morgan fingerprint density at radius 2 is 2.47 bits per heavy atom. The summed E-state index contributed by atoms with van der Waals surface area (Å²) in [4.78, 5) is 25.8. The van der Waals surface area contributed by atoms with Crippen molar-refractivity contribution >= 4 is 39.1 Å². The van der Waals surface area contributed by atoms with Gasteiger partial charge < -0.3 is 10.2 Å². The average molecular weight is 317 g/mol. The van der Waals surface area contributed by atoms with Crippen LogP contribution in [0.3, 0.4) is 0 Å². The van der Waals surface area contributed by atoms with E-state index in [1.165, 1.54) is 4.90 Å². The largest absolute Gasteiger partial charge is 0.349 e. The molecule has 2 heterocycles. The van der Waals surface area contributed by atoms with Gasteiger partial charge in [0.2, 0.25) is 11.8 Å². The van der Waals surface area contributed by atoms with E-state index < -0.39 is 0 Å². The fraction of sp³-hybridized carbons (Fsp3) is 0.455. The molecule has 92 valence electrons. The summed E-state index contributed by atoms with van der Waals surface area (Å²) in [5.74, 6) is -0.0268. The molecule has 1 aliphatic rings. The summed E-state index contributed by atoms with van der Waals surface area (Å²) in [7, 11) is 1.68. The molecule has 1 N–H and O–H groups in total. The van der Waals surface area contributed by atoms with Gasteiger partial charge in [0.1, 0.15) is 6.04 Å². The maximum atomic E-state index is 11.9. The van der Waals surface area contributed by atoms with Crippen LogP contribution >= 0.6 is 27.3 Å². The first kappa shape index (κ1) is 12.6. The molecular weight excluding hydrogens is 304 g/mol. The van der Waals surface area contributed by atoms with Crippen molar-refractivity contribution in [2.24, 2.45) is 0 Å². The second-order valence-corrected chi connectivity index (χ2v) is 5.82. The number of hydrogen-bond acceptors (Lipinski definition) is 3. The highest BCUT2D eigenvalue weighted by molar-refractivity contribution is 9.10. The number of nitrogens with zero attached hydrogens (tertiary/aromatic N) is 1. The molecule has 2 rings (SSSR count). The predicted molar refractivity (Wildman–Crippen MR) is 69.7 cm³/mol. The first-order valence-corrected chi connectivity index (χ1v) is 7.02. The molecule has 1 aromatic heterocycles. The number of nitrogens with one attached hydrogen (secondary N) is 1. The first-order chi connectivity index (χ1) is 8.09. The highest BCUT2D eigenvalue weighted by atomic mass is 79.9. The molecule has 1 fully saturated rings. The van der Waals surface area contributed by atoms with Gasteiger partial charge in [0.15, 0.2) is 0 Å². The van der Waals surface area contributed by atoms with Crippen molar-refractivity contribution in [1.82, 2.24) is 10.2 Å². The molecular formula is C11H13BrN2O2S. The Morgan fingerprint density at radius 3 is 3.00 bits per heavy atom. The zero-order valence-corrected chi connectivity index (χ0v) is 11.8. The summed E-state index contributed by atoms with van der Waals surface area (Å²) in [6, 6.07) is 1.65. The van der Waals surface area contributed by atoms with Crippen LogP contribution in [-0.2, 0) is 16.1 Å². The normalized spacial score (nSPS) is 19.8. The van der Waals surface area contributed by atoms with E-state index in [9.17, 15) is 9.59 Å². The molecule has 6 heteroatoms. The monoisotopic (exact) mass is 316 g/mol. The molecule has 0 aromatic carbocycles. The van der Waals surface area contributed by atoms with Crippen LogP contribution in [0.5, 0.6) is 0 Å². The van der Waals surface area contributed by atoms with E-state index in [0.29, 0.717) is 19.4 Å². The lowest BCUT2D eigenvalue weighted by Crippen LogP contribution is -2.42. The van der Waals surface area contributed by atoms with Crippen LogP contribution in [0.4, 0.5) is 0 Å².